The minimum Gasteiger partial charge on any atom is -0.413 e. The lowest BCUT2D eigenvalue weighted by molar-refractivity contribution is 0.0432. The fourth-order valence-electron chi connectivity index (χ4n) is 2.21. The van der Waals surface area contributed by atoms with Crippen LogP contribution in [0.5, 0.6) is 0 Å². The van der Waals surface area contributed by atoms with Gasteiger partial charge in [0, 0.05) is 12.5 Å². The van der Waals surface area contributed by atoms with E-state index in [1.54, 1.807) is 0 Å². The second-order valence-electron chi connectivity index (χ2n) is 8.34. The topological polar surface area (TPSA) is 29.5 Å². The van der Waals surface area contributed by atoms with Gasteiger partial charge in [0.05, 0.1) is 6.10 Å². The summed E-state index contributed by atoms with van der Waals surface area (Å²) in [6.45, 7) is 20.3. The minimum atomic E-state index is -1.80. The smallest absolute Gasteiger partial charge is 0.192 e. The quantitative estimate of drug-likeness (QED) is 0.481. The van der Waals surface area contributed by atoms with Gasteiger partial charge in [0.1, 0.15) is 0 Å². The Kier molecular flexibility index (Phi) is 8.44. The fraction of sp³-hybridized carbons (Fsp3) is 0.889. The highest BCUT2D eigenvalue weighted by Gasteiger charge is 2.41. The summed E-state index contributed by atoms with van der Waals surface area (Å²) in [7, 11) is -1.80. The van der Waals surface area contributed by atoms with Crippen LogP contribution in [0, 0.1) is 11.8 Å². The molecule has 0 spiro atoms. The van der Waals surface area contributed by atoms with Crippen LogP contribution >= 0.6 is 0 Å². The summed E-state index contributed by atoms with van der Waals surface area (Å²) in [6, 6.07) is 0. The Morgan fingerprint density at radius 1 is 1.14 bits per heavy atom. The molecule has 0 heterocycles. The molecule has 0 saturated carbocycles. The fourth-order valence-corrected chi connectivity index (χ4v) is 3.71. The molecule has 21 heavy (non-hydrogen) atoms. The summed E-state index contributed by atoms with van der Waals surface area (Å²) in [5, 5.41) is 9.80. The highest BCUT2D eigenvalue weighted by atomic mass is 28.4. The average molecular weight is 315 g/mol. The monoisotopic (exact) mass is 314 g/mol. The Hall–Kier alpha value is -0.123. The zero-order chi connectivity index (χ0) is 16.8. The highest BCUT2D eigenvalue weighted by Crippen LogP contribution is 2.39. The lowest BCUT2D eigenvalue weighted by Crippen LogP contribution is -2.47. The molecule has 2 nitrogen and oxygen atoms in total. The molecular weight excluding hydrogens is 276 g/mol. The van der Waals surface area contributed by atoms with Gasteiger partial charge in [0.25, 0.3) is 0 Å². The second-order valence-corrected chi connectivity index (χ2v) is 13.1. The van der Waals surface area contributed by atoms with Crippen LogP contribution in [0.1, 0.15) is 61.3 Å². The van der Waals surface area contributed by atoms with E-state index < -0.39 is 8.32 Å². The summed E-state index contributed by atoms with van der Waals surface area (Å²) in [6.07, 6.45) is 4.67. The Labute approximate surface area is 134 Å². The van der Waals surface area contributed by atoms with Crippen LogP contribution in [0.2, 0.25) is 18.1 Å². The Bertz CT molecular complexity index is 325. The molecular formula is C18H38O2Si. The number of rotatable bonds is 8. The van der Waals surface area contributed by atoms with E-state index >= 15 is 0 Å². The van der Waals surface area contributed by atoms with Crippen LogP contribution in [0.15, 0.2) is 11.6 Å². The lowest BCUT2D eigenvalue weighted by atomic mass is 9.90. The van der Waals surface area contributed by atoms with Crippen molar-refractivity contribution in [1.82, 2.24) is 0 Å². The van der Waals surface area contributed by atoms with Crippen LogP contribution in [0.3, 0.4) is 0 Å². The zero-order valence-corrected chi connectivity index (χ0v) is 16.8. The van der Waals surface area contributed by atoms with Crippen molar-refractivity contribution in [2.75, 3.05) is 6.61 Å². The van der Waals surface area contributed by atoms with Gasteiger partial charge in [-0.05, 0) is 50.7 Å². The van der Waals surface area contributed by atoms with Crippen LogP contribution in [-0.4, -0.2) is 26.1 Å². The van der Waals surface area contributed by atoms with Gasteiger partial charge in [-0.3, -0.25) is 0 Å². The molecule has 0 bridgehead atoms. The van der Waals surface area contributed by atoms with Crippen molar-refractivity contribution in [1.29, 1.82) is 0 Å². The lowest BCUT2D eigenvalue weighted by Gasteiger charge is -2.42. The maximum atomic E-state index is 9.59. The standard InChI is InChI=1S/C18H38O2Si/c1-14(2)11-10-12-15(3)17(16(4)13-19)20-21(8,9)18(5,6)7/h11,15-17,19H,10,12-13H2,1-9H3/t15-,16+,17+/m1/s1. The molecule has 0 radical (unpaired) electrons. The second kappa shape index (κ2) is 8.49. The third-order valence-corrected chi connectivity index (χ3v) is 9.29. The SMILES string of the molecule is CC(C)=CCC[C@@H](C)[C@H](O[Si](C)(C)C(C)(C)C)[C@@H](C)CO. The Morgan fingerprint density at radius 3 is 2.05 bits per heavy atom. The summed E-state index contributed by atoms with van der Waals surface area (Å²) in [5.74, 6) is 0.665. The minimum absolute atomic E-state index is 0.154. The summed E-state index contributed by atoms with van der Waals surface area (Å²) in [4.78, 5) is 0. The van der Waals surface area contributed by atoms with Gasteiger partial charge >= 0.3 is 0 Å². The molecule has 0 aromatic rings. The highest BCUT2D eigenvalue weighted by molar-refractivity contribution is 6.74. The molecule has 3 heteroatoms. The third kappa shape index (κ3) is 7.12. The number of aliphatic hydroxyl groups is 1. The van der Waals surface area contributed by atoms with Crippen LogP contribution < -0.4 is 0 Å². The van der Waals surface area contributed by atoms with Crippen molar-refractivity contribution in [3.63, 3.8) is 0 Å². The van der Waals surface area contributed by atoms with E-state index in [0.717, 1.165) is 12.8 Å². The van der Waals surface area contributed by atoms with Gasteiger partial charge in [-0.25, -0.2) is 0 Å². The molecule has 0 rings (SSSR count). The normalized spacial score (nSPS) is 17.2. The van der Waals surface area contributed by atoms with Gasteiger partial charge in [-0.1, -0.05) is 46.3 Å². The molecule has 0 aliphatic rings. The van der Waals surface area contributed by atoms with Crippen LogP contribution in [0.25, 0.3) is 0 Å². The van der Waals surface area contributed by atoms with Crippen molar-refractivity contribution < 1.29 is 9.53 Å². The predicted octanol–water partition coefficient (Wildman–Crippen LogP) is 5.39. The van der Waals surface area contributed by atoms with E-state index in [2.05, 4.69) is 67.6 Å². The Morgan fingerprint density at radius 2 is 1.67 bits per heavy atom. The van der Waals surface area contributed by atoms with Crippen molar-refractivity contribution in [2.45, 2.75) is 85.5 Å². The maximum Gasteiger partial charge on any atom is 0.192 e. The van der Waals surface area contributed by atoms with E-state index in [9.17, 15) is 5.11 Å². The van der Waals surface area contributed by atoms with Gasteiger partial charge in [0.15, 0.2) is 8.32 Å². The van der Waals surface area contributed by atoms with E-state index in [0.29, 0.717) is 5.92 Å². The molecule has 0 fully saturated rings. The zero-order valence-electron chi connectivity index (χ0n) is 15.8. The van der Waals surface area contributed by atoms with Crippen LogP contribution in [0.4, 0.5) is 0 Å². The van der Waals surface area contributed by atoms with Crippen molar-refractivity contribution >= 4 is 8.32 Å². The molecule has 0 aromatic carbocycles. The number of hydrogen-bond donors (Lipinski definition) is 1. The van der Waals surface area contributed by atoms with Crippen molar-refractivity contribution in [3.05, 3.63) is 11.6 Å². The first-order valence-corrected chi connectivity index (χ1v) is 11.2. The molecule has 0 aromatic heterocycles. The summed E-state index contributed by atoms with van der Waals surface area (Å²) < 4.78 is 6.63. The van der Waals surface area contributed by atoms with E-state index in [4.69, 9.17) is 4.43 Å². The first kappa shape index (κ1) is 20.9. The molecule has 126 valence electrons. The van der Waals surface area contributed by atoms with Gasteiger partial charge < -0.3 is 9.53 Å². The van der Waals surface area contributed by atoms with E-state index in [1.165, 1.54) is 5.57 Å². The van der Waals surface area contributed by atoms with E-state index in [-0.39, 0.29) is 23.7 Å². The molecule has 0 unspecified atom stereocenters. The summed E-state index contributed by atoms with van der Waals surface area (Å²) in [5.41, 5.74) is 1.37. The number of hydrogen-bond acceptors (Lipinski definition) is 2. The van der Waals surface area contributed by atoms with Gasteiger partial charge in [0.2, 0.25) is 0 Å². The maximum absolute atomic E-state index is 9.59. The molecule has 0 aliphatic heterocycles. The molecule has 1 N–H and O–H groups in total. The molecule has 0 saturated heterocycles. The number of allylic oxidation sites excluding steroid dienone is 2. The first-order valence-electron chi connectivity index (χ1n) is 8.34. The van der Waals surface area contributed by atoms with Crippen molar-refractivity contribution in [2.24, 2.45) is 11.8 Å². The first-order chi connectivity index (χ1) is 9.42. The summed E-state index contributed by atoms with van der Waals surface area (Å²) >= 11 is 0. The van der Waals surface area contributed by atoms with Gasteiger partial charge in [-0.15, -0.1) is 0 Å². The largest absolute Gasteiger partial charge is 0.413 e. The molecule has 0 aliphatic carbocycles. The molecule has 0 amide bonds. The van der Waals surface area contributed by atoms with Crippen molar-refractivity contribution in [3.8, 4) is 0 Å². The number of aliphatic hydroxyl groups excluding tert-OH is 1. The van der Waals surface area contributed by atoms with E-state index in [1.807, 2.05) is 0 Å². The third-order valence-electron chi connectivity index (χ3n) is 4.82. The Balaban J connectivity index is 4.92. The predicted molar refractivity (Wildman–Crippen MR) is 96.1 cm³/mol. The van der Waals surface area contributed by atoms with Gasteiger partial charge in [-0.2, -0.15) is 0 Å². The average Bonchev–Trinajstić information content (AvgIpc) is 2.33. The van der Waals surface area contributed by atoms with Crippen LogP contribution in [-0.2, 0) is 4.43 Å². The molecule has 3 atom stereocenters.